The van der Waals surface area contributed by atoms with Gasteiger partial charge in [-0.15, -0.1) is 4.91 Å². The summed E-state index contributed by atoms with van der Waals surface area (Å²) in [4.78, 5) is 10.7. The fourth-order valence-electron chi connectivity index (χ4n) is 2.08. The summed E-state index contributed by atoms with van der Waals surface area (Å²) in [5.41, 5.74) is 0.351. The number of nitroso groups, excluding NO2 is 1. The fraction of sp³-hybridized carbons (Fsp3) is 0. The van der Waals surface area contributed by atoms with Crippen molar-refractivity contribution >= 4 is 27.2 Å². The number of rotatable bonds is 1. The van der Waals surface area contributed by atoms with Crippen molar-refractivity contribution < 1.29 is 5.11 Å². The van der Waals surface area contributed by atoms with Gasteiger partial charge in [0.2, 0.25) is 0 Å². The van der Waals surface area contributed by atoms with Crippen LogP contribution >= 0.6 is 0 Å². The Morgan fingerprint density at radius 3 is 2.18 bits per heavy atom. The molecule has 17 heavy (non-hydrogen) atoms. The van der Waals surface area contributed by atoms with E-state index in [-0.39, 0.29) is 5.75 Å². The molecule has 3 aromatic rings. The minimum Gasteiger partial charge on any atom is -0.507 e. The lowest BCUT2D eigenvalue weighted by molar-refractivity contribution is 0.482. The van der Waals surface area contributed by atoms with E-state index in [1.54, 1.807) is 0 Å². The van der Waals surface area contributed by atoms with Crippen molar-refractivity contribution in [3.8, 4) is 5.75 Å². The molecule has 0 saturated heterocycles. The highest BCUT2D eigenvalue weighted by atomic mass is 16.3. The Bertz CT molecular complexity index is 735. The predicted octanol–water partition coefficient (Wildman–Crippen LogP) is 4.10. The average molecular weight is 223 g/mol. The van der Waals surface area contributed by atoms with Crippen LogP contribution < -0.4 is 0 Å². The zero-order chi connectivity index (χ0) is 11.8. The molecule has 0 unspecified atom stereocenters. The van der Waals surface area contributed by atoms with Crippen molar-refractivity contribution in [2.75, 3.05) is 0 Å². The highest BCUT2D eigenvalue weighted by Gasteiger charge is 2.07. The Morgan fingerprint density at radius 2 is 1.53 bits per heavy atom. The largest absolute Gasteiger partial charge is 0.507 e. The molecule has 0 aliphatic carbocycles. The Hall–Kier alpha value is -2.42. The van der Waals surface area contributed by atoms with E-state index in [4.69, 9.17) is 0 Å². The van der Waals surface area contributed by atoms with E-state index in [2.05, 4.69) is 5.18 Å². The SMILES string of the molecule is O=Nc1ccc(O)c2cc3ccccc3cc12. The summed E-state index contributed by atoms with van der Waals surface area (Å²) in [6.07, 6.45) is 0. The van der Waals surface area contributed by atoms with Gasteiger partial charge < -0.3 is 5.11 Å². The van der Waals surface area contributed by atoms with Gasteiger partial charge in [0.05, 0.1) is 0 Å². The molecule has 82 valence electrons. The van der Waals surface area contributed by atoms with Crippen molar-refractivity contribution in [3.05, 3.63) is 53.4 Å². The lowest BCUT2D eigenvalue weighted by atomic mass is 10.0. The quantitative estimate of drug-likeness (QED) is 0.498. The predicted molar refractivity (Wildman–Crippen MR) is 68.6 cm³/mol. The van der Waals surface area contributed by atoms with Crippen LogP contribution in [0.25, 0.3) is 21.5 Å². The summed E-state index contributed by atoms with van der Waals surface area (Å²) in [5.74, 6) is 0.165. The number of hydrogen-bond donors (Lipinski definition) is 1. The lowest BCUT2D eigenvalue weighted by Crippen LogP contribution is -1.78. The first-order chi connectivity index (χ1) is 8.29. The van der Waals surface area contributed by atoms with Gasteiger partial charge in [-0.05, 0) is 40.2 Å². The average Bonchev–Trinajstić information content (AvgIpc) is 2.38. The van der Waals surface area contributed by atoms with E-state index in [1.807, 2.05) is 36.4 Å². The topological polar surface area (TPSA) is 49.7 Å². The van der Waals surface area contributed by atoms with E-state index >= 15 is 0 Å². The number of phenols is 1. The highest BCUT2D eigenvalue weighted by molar-refractivity contribution is 6.05. The van der Waals surface area contributed by atoms with Crippen molar-refractivity contribution in [1.82, 2.24) is 0 Å². The van der Waals surface area contributed by atoms with Crippen molar-refractivity contribution in [2.45, 2.75) is 0 Å². The van der Waals surface area contributed by atoms with E-state index in [9.17, 15) is 10.0 Å². The van der Waals surface area contributed by atoms with Crippen LogP contribution in [0, 0.1) is 4.91 Å². The Morgan fingerprint density at radius 1 is 0.882 bits per heavy atom. The first kappa shape index (κ1) is 9.78. The molecule has 0 aliphatic rings. The van der Waals surface area contributed by atoms with E-state index in [1.165, 1.54) is 12.1 Å². The van der Waals surface area contributed by atoms with Crippen LogP contribution in [0.4, 0.5) is 5.69 Å². The summed E-state index contributed by atoms with van der Waals surface area (Å²) in [6, 6.07) is 14.6. The lowest BCUT2D eigenvalue weighted by Gasteiger charge is -2.05. The van der Waals surface area contributed by atoms with Crippen LogP contribution in [-0.2, 0) is 0 Å². The first-order valence-electron chi connectivity index (χ1n) is 5.27. The molecule has 0 radical (unpaired) electrons. The molecule has 3 heteroatoms. The van der Waals surface area contributed by atoms with Gasteiger partial charge in [0, 0.05) is 10.8 Å². The molecule has 0 aliphatic heterocycles. The summed E-state index contributed by atoms with van der Waals surface area (Å²) < 4.78 is 0. The van der Waals surface area contributed by atoms with Crippen LogP contribution in [0.1, 0.15) is 0 Å². The fourth-order valence-corrected chi connectivity index (χ4v) is 2.08. The molecule has 0 amide bonds. The van der Waals surface area contributed by atoms with Gasteiger partial charge in [0.1, 0.15) is 11.4 Å². The van der Waals surface area contributed by atoms with Gasteiger partial charge in [-0.1, -0.05) is 24.3 Å². The maximum atomic E-state index is 10.7. The molecular weight excluding hydrogens is 214 g/mol. The first-order valence-corrected chi connectivity index (χ1v) is 5.27. The molecular formula is C14H9NO2. The minimum absolute atomic E-state index is 0.165. The van der Waals surface area contributed by atoms with Gasteiger partial charge >= 0.3 is 0 Å². The van der Waals surface area contributed by atoms with E-state index in [0.29, 0.717) is 16.5 Å². The van der Waals surface area contributed by atoms with Gasteiger partial charge in [-0.3, -0.25) is 0 Å². The minimum atomic E-state index is 0.165. The van der Waals surface area contributed by atoms with Crippen LogP contribution in [-0.4, -0.2) is 5.11 Å². The molecule has 0 heterocycles. The summed E-state index contributed by atoms with van der Waals surface area (Å²) >= 11 is 0. The molecule has 1 N–H and O–H groups in total. The molecule has 0 fully saturated rings. The zero-order valence-corrected chi connectivity index (χ0v) is 8.92. The Balaban J connectivity index is 2.54. The number of nitrogens with zero attached hydrogens (tertiary/aromatic N) is 1. The number of phenolic OH excluding ortho intramolecular Hbond substituents is 1. The molecule has 0 atom stereocenters. The number of aromatic hydroxyl groups is 1. The third kappa shape index (κ3) is 1.44. The molecule has 0 saturated carbocycles. The molecule has 0 aromatic heterocycles. The van der Waals surface area contributed by atoms with Gasteiger partial charge in [0.15, 0.2) is 0 Å². The maximum Gasteiger partial charge on any atom is 0.123 e. The van der Waals surface area contributed by atoms with Crippen LogP contribution in [0.3, 0.4) is 0 Å². The molecule has 0 spiro atoms. The second-order valence-electron chi connectivity index (χ2n) is 3.94. The molecule has 3 nitrogen and oxygen atoms in total. The normalized spacial score (nSPS) is 10.8. The summed E-state index contributed by atoms with van der Waals surface area (Å²) in [7, 11) is 0. The Labute approximate surface area is 97.3 Å². The van der Waals surface area contributed by atoms with Gasteiger partial charge in [-0.25, -0.2) is 0 Å². The van der Waals surface area contributed by atoms with Crippen molar-refractivity contribution in [3.63, 3.8) is 0 Å². The summed E-state index contributed by atoms with van der Waals surface area (Å²) in [5, 5.41) is 16.2. The smallest absolute Gasteiger partial charge is 0.123 e. The number of fused-ring (bicyclic) bond motifs is 2. The number of benzene rings is 3. The van der Waals surface area contributed by atoms with E-state index in [0.717, 1.165) is 10.8 Å². The third-order valence-electron chi connectivity index (χ3n) is 2.94. The highest BCUT2D eigenvalue weighted by Crippen LogP contribution is 2.35. The molecule has 3 rings (SSSR count). The number of hydrogen-bond acceptors (Lipinski definition) is 3. The molecule has 0 bridgehead atoms. The van der Waals surface area contributed by atoms with Gasteiger partial charge in [0.25, 0.3) is 0 Å². The third-order valence-corrected chi connectivity index (χ3v) is 2.94. The maximum absolute atomic E-state index is 10.7. The molecule has 3 aromatic carbocycles. The van der Waals surface area contributed by atoms with Crippen molar-refractivity contribution in [1.29, 1.82) is 0 Å². The van der Waals surface area contributed by atoms with E-state index < -0.39 is 0 Å². The second kappa shape index (κ2) is 3.56. The monoisotopic (exact) mass is 223 g/mol. The zero-order valence-electron chi connectivity index (χ0n) is 8.92. The van der Waals surface area contributed by atoms with Gasteiger partial charge in [-0.2, -0.15) is 0 Å². The van der Waals surface area contributed by atoms with Crippen LogP contribution in [0.5, 0.6) is 5.75 Å². The summed E-state index contributed by atoms with van der Waals surface area (Å²) in [6.45, 7) is 0. The second-order valence-corrected chi connectivity index (χ2v) is 3.94. The van der Waals surface area contributed by atoms with Crippen LogP contribution in [0.15, 0.2) is 53.7 Å². The Kier molecular flexibility index (Phi) is 2.05. The standard InChI is InChI=1S/C14H9NO2/c16-14-6-5-13(15-17)11-7-9-3-1-2-4-10(9)8-12(11)14/h1-8,16H. The van der Waals surface area contributed by atoms with Crippen LogP contribution in [0.2, 0.25) is 0 Å². The van der Waals surface area contributed by atoms with Crippen molar-refractivity contribution in [2.24, 2.45) is 5.18 Å².